The molecule has 1 atom stereocenters. The van der Waals surface area contributed by atoms with Gasteiger partial charge in [0.05, 0.1) is 5.25 Å². The zero-order chi connectivity index (χ0) is 17.9. The van der Waals surface area contributed by atoms with Crippen LogP contribution in [-0.4, -0.2) is 47.4 Å². The summed E-state index contributed by atoms with van der Waals surface area (Å²) in [6.45, 7) is 5.86. The Bertz CT molecular complexity index is 813. The largest absolute Gasteiger partial charge is 0.368 e. The molecule has 5 heteroatoms. The van der Waals surface area contributed by atoms with E-state index in [-0.39, 0.29) is 11.2 Å². The molecule has 4 nitrogen and oxygen atoms in total. The number of anilines is 1. The molecule has 1 amide bonds. The summed E-state index contributed by atoms with van der Waals surface area (Å²) in [6, 6.07) is 18.8. The molecule has 0 aromatic heterocycles. The number of aryl methyl sites for hydroxylation is 1. The van der Waals surface area contributed by atoms with Gasteiger partial charge in [-0.25, -0.2) is 0 Å². The summed E-state index contributed by atoms with van der Waals surface area (Å²) in [5.41, 5.74) is 3.76. The maximum atomic E-state index is 12.3. The smallest absolute Gasteiger partial charge is 0.262 e. The predicted octanol–water partition coefficient (Wildman–Crippen LogP) is 3.36. The van der Waals surface area contributed by atoms with Gasteiger partial charge in [0.1, 0.15) is 0 Å². The zero-order valence-electron chi connectivity index (χ0n) is 15.0. The molecule has 4 rings (SSSR count). The van der Waals surface area contributed by atoms with Crippen LogP contribution < -0.4 is 4.90 Å². The van der Waals surface area contributed by atoms with Crippen LogP contribution in [0.5, 0.6) is 0 Å². The summed E-state index contributed by atoms with van der Waals surface area (Å²) < 4.78 is 0. The number of rotatable bonds is 3. The highest BCUT2D eigenvalue weighted by Crippen LogP contribution is 2.29. The van der Waals surface area contributed by atoms with Gasteiger partial charge in [-0.15, -0.1) is 0 Å². The second kappa shape index (κ2) is 7.54. The van der Waals surface area contributed by atoms with E-state index in [0.717, 1.165) is 37.8 Å². The second-order valence-corrected chi connectivity index (χ2v) is 8.01. The molecule has 1 saturated heterocycles. The lowest BCUT2D eigenvalue weighted by Gasteiger charge is -2.37. The average molecular weight is 366 g/mol. The van der Waals surface area contributed by atoms with E-state index in [1.54, 1.807) is 11.8 Å². The minimum absolute atomic E-state index is 0.00923. The first-order chi connectivity index (χ1) is 12.7. The first-order valence-corrected chi connectivity index (χ1v) is 9.97. The zero-order valence-corrected chi connectivity index (χ0v) is 15.8. The number of piperazine rings is 1. The van der Waals surface area contributed by atoms with Gasteiger partial charge in [0, 0.05) is 31.9 Å². The molecule has 0 bridgehead atoms. The number of carbonyl (C=O) groups is 1. The van der Waals surface area contributed by atoms with Crippen molar-refractivity contribution in [1.82, 2.24) is 4.90 Å². The molecule has 0 unspecified atom stereocenters. The third-order valence-electron chi connectivity index (χ3n) is 4.91. The van der Waals surface area contributed by atoms with Crippen molar-refractivity contribution in [3.63, 3.8) is 0 Å². The Kier molecular flexibility index (Phi) is 4.98. The fraction of sp³-hybridized carbons (Fsp3) is 0.333. The van der Waals surface area contributed by atoms with E-state index in [4.69, 9.17) is 0 Å². The van der Waals surface area contributed by atoms with Gasteiger partial charge in [-0.1, -0.05) is 54.2 Å². The lowest BCUT2D eigenvalue weighted by Crippen LogP contribution is -2.48. The van der Waals surface area contributed by atoms with Crippen LogP contribution in [0, 0.1) is 6.92 Å². The first kappa shape index (κ1) is 17.2. The van der Waals surface area contributed by atoms with Gasteiger partial charge in [-0.3, -0.25) is 4.79 Å². The highest BCUT2D eigenvalue weighted by Gasteiger charge is 2.32. The van der Waals surface area contributed by atoms with E-state index in [0.29, 0.717) is 0 Å². The number of carbonyl (C=O) groups excluding carboxylic acids is 1. The predicted molar refractivity (Wildman–Crippen MR) is 109 cm³/mol. The van der Waals surface area contributed by atoms with Crippen LogP contribution in [0.2, 0.25) is 0 Å². The van der Waals surface area contributed by atoms with Gasteiger partial charge in [0.25, 0.3) is 5.91 Å². The third-order valence-corrected chi connectivity index (χ3v) is 6.12. The standard InChI is InChI=1S/C21H23N3OS/c1-16-6-5-9-18(14-16)23-10-12-24(13-11-23)21-22-20(25)19(26-21)15-17-7-3-2-4-8-17/h2-9,14,19H,10-13,15H2,1H3/t19-/m0/s1. The van der Waals surface area contributed by atoms with Crippen molar-refractivity contribution in [2.45, 2.75) is 18.6 Å². The number of benzene rings is 2. The van der Waals surface area contributed by atoms with Gasteiger partial charge < -0.3 is 9.80 Å². The van der Waals surface area contributed by atoms with Crippen LogP contribution in [0.15, 0.2) is 59.6 Å². The number of amides is 1. The molecule has 134 valence electrons. The van der Waals surface area contributed by atoms with E-state index >= 15 is 0 Å². The molecule has 2 aromatic rings. The number of aliphatic imine (C=N–C) groups is 1. The minimum Gasteiger partial charge on any atom is -0.368 e. The molecule has 2 aromatic carbocycles. The Labute approximate surface area is 158 Å². The molecule has 26 heavy (non-hydrogen) atoms. The first-order valence-electron chi connectivity index (χ1n) is 9.09. The lowest BCUT2D eigenvalue weighted by atomic mass is 10.1. The molecule has 2 aliphatic heterocycles. The Hall–Kier alpha value is -2.27. The highest BCUT2D eigenvalue weighted by molar-refractivity contribution is 8.15. The Morgan fingerprint density at radius 3 is 2.46 bits per heavy atom. The van der Waals surface area contributed by atoms with Crippen LogP contribution in [0.3, 0.4) is 0 Å². The summed E-state index contributed by atoms with van der Waals surface area (Å²) in [6.07, 6.45) is 0.751. The van der Waals surface area contributed by atoms with E-state index in [9.17, 15) is 4.79 Å². The molecule has 1 fully saturated rings. The van der Waals surface area contributed by atoms with Gasteiger partial charge >= 0.3 is 0 Å². The van der Waals surface area contributed by atoms with Crippen molar-refractivity contribution in [1.29, 1.82) is 0 Å². The van der Waals surface area contributed by atoms with Crippen molar-refractivity contribution in [3.8, 4) is 0 Å². The van der Waals surface area contributed by atoms with Crippen LogP contribution in [0.1, 0.15) is 11.1 Å². The van der Waals surface area contributed by atoms with E-state index in [1.165, 1.54) is 16.8 Å². The van der Waals surface area contributed by atoms with Gasteiger partial charge in [0.15, 0.2) is 5.17 Å². The topological polar surface area (TPSA) is 35.9 Å². The number of hydrogen-bond acceptors (Lipinski definition) is 4. The average Bonchev–Trinajstić information content (AvgIpc) is 3.03. The van der Waals surface area contributed by atoms with Crippen LogP contribution in [0.4, 0.5) is 5.69 Å². The molecular formula is C21H23N3OS. The van der Waals surface area contributed by atoms with Gasteiger partial charge in [-0.05, 0) is 36.6 Å². The molecule has 0 saturated carbocycles. The van der Waals surface area contributed by atoms with E-state index < -0.39 is 0 Å². The summed E-state index contributed by atoms with van der Waals surface area (Å²) in [5.74, 6) is 0.00923. The van der Waals surface area contributed by atoms with Crippen molar-refractivity contribution in [3.05, 3.63) is 65.7 Å². The van der Waals surface area contributed by atoms with E-state index in [1.807, 2.05) is 18.2 Å². The van der Waals surface area contributed by atoms with Crippen molar-refractivity contribution < 1.29 is 4.79 Å². The molecule has 0 radical (unpaired) electrons. The number of nitrogens with zero attached hydrogens (tertiary/aromatic N) is 3. The summed E-state index contributed by atoms with van der Waals surface area (Å²) >= 11 is 1.63. The Morgan fingerprint density at radius 2 is 1.73 bits per heavy atom. The van der Waals surface area contributed by atoms with Crippen molar-refractivity contribution in [2.24, 2.45) is 4.99 Å². The van der Waals surface area contributed by atoms with Crippen molar-refractivity contribution >= 4 is 28.5 Å². The minimum atomic E-state index is -0.0813. The molecule has 0 aliphatic carbocycles. The highest BCUT2D eigenvalue weighted by atomic mass is 32.2. The van der Waals surface area contributed by atoms with E-state index in [2.05, 4.69) is 58.1 Å². The fourth-order valence-corrected chi connectivity index (χ4v) is 4.61. The Balaban J connectivity index is 1.35. The maximum Gasteiger partial charge on any atom is 0.262 e. The fourth-order valence-electron chi connectivity index (χ4n) is 3.45. The normalized spacial score (nSPS) is 20.4. The summed E-state index contributed by atoms with van der Waals surface area (Å²) in [7, 11) is 0. The Morgan fingerprint density at radius 1 is 1.00 bits per heavy atom. The second-order valence-electron chi connectivity index (χ2n) is 6.84. The van der Waals surface area contributed by atoms with Gasteiger partial charge in [0.2, 0.25) is 0 Å². The van der Waals surface area contributed by atoms with Crippen LogP contribution in [0.25, 0.3) is 0 Å². The SMILES string of the molecule is Cc1cccc(N2CCN(C3=NC(=O)[C@H](Cc4ccccc4)S3)CC2)c1. The molecule has 2 heterocycles. The summed E-state index contributed by atoms with van der Waals surface area (Å²) in [5, 5.41) is 0.821. The molecule has 0 spiro atoms. The van der Waals surface area contributed by atoms with Crippen LogP contribution in [-0.2, 0) is 11.2 Å². The molecular weight excluding hydrogens is 342 g/mol. The van der Waals surface area contributed by atoms with Crippen LogP contribution >= 0.6 is 11.8 Å². The maximum absolute atomic E-state index is 12.3. The van der Waals surface area contributed by atoms with Crippen molar-refractivity contribution in [2.75, 3.05) is 31.1 Å². The monoisotopic (exact) mass is 365 g/mol. The van der Waals surface area contributed by atoms with Gasteiger partial charge in [-0.2, -0.15) is 4.99 Å². The quantitative estimate of drug-likeness (QED) is 0.836. The number of amidine groups is 1. The lowest BCUT2D eigenvalue weighted by molar-refractivity contribution is -0.117. The summed E-state index contributed by atoms with van der Waals surface area (Å²) in [4.78, 5) is 21.3. The molecule has 2 aliphatic rings. The third kappa shape index (κ3) is 3.78. The number of hydrogen-bond donors (Lipinski definition) is 0. The molecule has 0 N–H and O–H groups in total. The number of thioether (sulfide) groups is 1.